The minimum Gasteiger partial charge on any atom is -0.383 e. The molecule has 4 heteroatoms. The van der Waals surface area contributed by atoms with Crippen LogP contribution in [0.3, 0.4) is 0 Å². The molecular weight excluding hydrogens is 202 g/mol. The molecule has 0 radical (unpaired) electrons. The molecule has 0 aliphatic carbocycles. The smallest absolute Gasteiger partial charge is 0.125 e. The lowest BCUT2D eigenvalue weighted by Crippen LogP contribution is -2.26. The van der Waals surface area contributed by atoms with Crippen LogP contribution >= 0.6 is 0 Å². The monoisotopic (exact) mass is 223 g/mol. The molecule has 4 nitrogen and oxygen atoms in total. The molecule has 0 aliphatic rings. The minimum absolute atomic E-state index is 0.776. The van der Waals surface area contributed by atoms with Crippen molar-refractivity contribution in [2.45, 2.75) is 13.5 Å². The highest BCUT2D eigenvalue weighted by molar-refractivity contribution is 5.36. The van der Waals surface area contributed by atoms with Crippen LogP contribution in [0.1, 0.15) is 12.5 Å². The Morgan fingerprint density at radius 3 is 2.94 bits per heavy atom. The van der Waals surface area contributed by atoms with Gasteiger partial charge in [-0.3, -0.25) is 4.90 Å². The number of hydrogen-bond donors (Lipinski definition) is 1. The summed E-state index contributed by atoms with van der Waals surface area (Å²) in [5.74, 6) is 0.917. The Kier molecular flexibility index (Phi) is 5.82. The molecule has 1 aromatic rings. The Labute approximate surface area is 97.6 Å². The van der Waals surface area contributed by atoms with E-state index in [1.807, 2.05) is 13.2 Å². The summed E-state index contributed by atoms with van der Waals surface area (Å²) >= 11 is 0. The van der Waals surface area contributed by atoms with Crippen LogP contribution in [-0.2, 0) is 11.3 Å². The molecule has 1 heterocycles. The number of anilines is 1. The minimum atomic E-state index is 0.776. The molecule has 0 fully saturated rings. The number of ether oxygens (including phenoxy) is 1. The Hall–Kier alpha value is -1.13. The average Bonchev–Trinajstić information content (AvgIpc) is 2.34. The quantitative estimate of drug-likeness (QED) is 0.761. The van der Waals surface area contributed by atoms with Gasteiger partial charge in [0.25, 0.3) is 0 Å². The van der Waals surface area contributed by atoms with Gasteiger partial charge in [0, 0.05) is 33.4 Å². The van der Waals surface area contributed by atoms with Crippen LogP contribution in [0.15, 0.2) is 18.3 Å². The Morgan fingerprint density at radius 1 is 1.50 bits per heavy atom. The van der Waals surface area contributed by atoms with Gasteiger partial charge in [-0.05, 0) is 24.2 Å². The normalized spacial score (nSPS) is 10.8. The molecule has 1 aromatic heterocycles. The van der Waals surface area contributed by atoms with Crippen LogP contribution in [-0.4, -0.2) is 43.7 Å². The van der Waals surface area contributed by atoms with Gasteiger partial charge in [-0.25, -0.2) is 4.98 Å². The van der Waals surface area contributed by atoms with Crippen molar-refractivity contribution in [2.24, 2.45) is 0 Å². The molecule has 0 aromatic carbocycles. The molecule has 16 heavy (non-hydrogen) atoms. The first-order valence-corrected chi connectivity index (χ1v) is 5.64. The second kappa shape index (κ2) is 7.19. The fourth-order valence-electron chi connectivity index (χ4n) is 1.54. The number of nitrogens with one attached hydrogen (secondary N) is 1. The van der Waals surface area contributed by atoms with Crippen LogP contribution in [0.25, 0.3) is 0 Å². The van der Waals surface area contributed by atoms with Crippen LogP contribution < -0.4 is 5.32 Å². The lowest BCUT2D eigenvalue weighted by atomic mass is 10.2. The van der Waals surface area contributed by atoms with Crippen molar-refractivity contribution < 1.29 is 4.74 Å². The van der Waals surface area contributed by atoms with Crippen molar-refractivity contribution in [3.8, 4) is 0 Å². The van der Waals surface area contributed by atoms with E-state index in [1.165, 1.54) is 5.56 Å². The van der Waals surface area contributed by atoms with Crippen LogP contribution in [0.5, 0.6) is 0 Å². The lowest BCUT2D eigenvalue weighted by molar-refractivity contribution is 0.147. The summed E-state index contributed by atoms with van der Waals surface area (Å²) in [6.45, 7) is 5.87. The van der Waals surface area contributed by atoms with Gasteiger partial charge in [0.15, 0.2) is 0 Å². The molecule has 90 valence electrons. The fraction of sp³-hybridized carbons (Fsp3) is 0.583. The van der Waals surface area contributed by atoms with E-state index in [4.69, 9.17) is 4.74 Å². The third-order valence-corrected chi connectivity index (χ3v) is 2.55. The van der Waals surface area contributed by atoms with Gasteiger partial charge in [0.1, 0.15) is 5.82 Å². The summed E-state index contributed by atoms with van der Waals surface area (Å²) < 4.78 is 5.09. The highest BCUT2D eigenvalue weighted by Gasteiger charge is 2.03. The second-order valence-corrected chi connectivity index (χ2v) is 3.66. The summed E-state index contributed by atoms with van der Waals surface area (Å²) in [5, 5.41) is 3.05. The van der Waals surface area contributed by atoms with Crippen molar-refractivity contribution in [3.05, 3.63) is 23.9 Å². The Bertz CT molecular complexity index is 304. The van der Waals surface area contributed by atoms with Crippen LogP contribution in [0.4, 0.5) is 5.82 Å². The summed E-state index contributed by atoms with van der Waals surface area (Å²) in [5.41, 5.74) is 1.28. The molecule has 0 amide bonds. The highest BCUT2D eigenvalue weighted by Crippen LogP contribution is 2.08. The van der Waals surface area contributed by atoms with E-state index >= 15 is 0 Å². The van der Waals surface area contributed by atoms with Crippen molar-refractivity contribution in [3.63, 3.8) is 0 Å². The number of nitrogens with zero attached hydrogens (tertiary/aromatic N) is 2. The van der Waals surface area contributed by atoms with E-state index in [0.717, 1.165) is 32.1 Å². The van der Waals surface area contributed by atoms with Gasteiger partial charge < -0.3 is 10.1 Å². The summed E-state index contributed by atoms with van der Waals surface area (Å²) in [6, 6.07) is 4.13. The molecule has 0 spiro atoms. The fourth-order valence-corrected chi connectivity index (χ4v) is 1.54. The topological polar surface area (TPSA) is 37.4 Å². The zero-order valence-electron chi connectivity index (χ0n) is 10.4. The molecule has 0 atom stereocenters. The predicted octanol–water partition coefficient (Wildman–Crippen LogP) is 1.59. The highest BCUT2D eigenvalue weighted by atomic mass is 16.5. The van der Waals surface area contributed by atoms with Crippen LogP contribution in [0.2, 0.25) is 0 Å². The molecular formula is C12H21N3O. The third-order valence-electron chi connectivity index (χ3n) is 2.55. The van der Waals surface area contributed by atoms with E-state index in [1.54, 1.807) is 7.11 Å². The molecule has 1 rings (SSSR count). The first-order valence-electron chi connectivity index (χ1n) is 5.64. The largest absolute Gasteiger partial charge is 0.383 e. The molecule has 0 aliphatic heterocycles. The predicted molar refractivity (Wildman–Crippen MR) is 66.6 cm³/mol. The number of aromatic nitrogens is 1. The maximum Gasteiger partial charge on any atom is 0.125 e. The number of pyridine rings is 1. The van der Waals surface area contributed by atoms with Gasteiger partial charge in [0.2, 0.25) is 0 Å². The SMILES string of the molecule is CCN(CCOC)Cc1ccnc(NC)c1. The van der Waals surface area contributed by atoms with E-state index in [9.17, 15) is 0 Å². The maximum atomic E-state index is 5.09. The maximum absolute atomic E-state index is 5.09. The van der Waals surface area contributed by atoms with Crippen molar-refractivity contribution in [1.29, 1.82) is 0 Å². The van der Waals surface area contributed by atoms with Crippen LogP contribution in [0, 0.1) is 0 Å². The molecule has 0 saturated carbocycles. The Morgan fingerprint density at radius 2 is 2.31 bits per heavy atom. The van der Waals surface area contributed by atoms with Gasteiger partial charge in [-0.2, -0.15) is 0 Å². The van der Waals surface area contributed by atoms with Crippen molar-refractivity contribution in [1.82, 2.24) is 9.88 Å². The summed E-state index contributed by atoms with van der Waals surface area (Å²) in [7, 11) is 3.62. The summed E-state index contributed by atoms with van der Waals surface area (Å²) in [6.07, 6.45) is 1.84. The van der Waals surface area contributed by atoms with Crippen molar-refractivity contribution in [2.75, 3.05) is 39.2 Å². The number of rotatable bonds is 7. The van der Waals surface area contributed by atoms with E-state index < -0.39 is 0 Å². The number of hydrogen-bond acceptors (Lipinski definition) is 4. The molecule has 0 unspecified atom stereocenters. The first kappa shape index (κ1) is 12.9. The molecule has 0 bridgehead atoms. The number of likely N-dealkylation sites (N-methyl/N-ethyl adjacent to an activating group) is 1. The zero-order chi connectivity index (χ0) is 11.8. The van der Waals surface area contributed by atoms with E-state index in [-0.39, 0.29) is 0 Å². The van der Waals surface area contributed by atoms with Gasteiger partial charge in [-0.15, -0.1) is 0 Å². The van der Waals surface area contributed by atoms with Gasteiger partial charge >= 0.3 is 0 Å². The first-order chi connectivity index (χ1) is 7.80. The van der Waals surface area contributed by atoms with Gasteiger partial charge in [-0.1, -0.05) is 6.92 Å². The van der Waals surface area contributed by atoms with Gasteiger partial charge in [0.05, 0.1) is 6.61 Å². The van der Waals surface area contributed by atoms with E-state index in [2.05, 4.69) is 34.3 Å². The number of methoxy groups -OCH3 is 1. The summed E-state index contributed by atoms with van der Waals surface area (Å²) in [4.78, 5) is 6.54. The van der Waals surface area contributed by atoms with Crippen molar-refractivity contribution >= 4 is 5.82 Å². The standard InChI is InChI=1S/C12H21N3O/c1-4-15(7-8-16-3)10-11-5-6-14-12(9-11)13-2/h5-6,9H,4,7-8,10H2,1-3H3,(H,13,14). The molecule has 1 N–H and O–H groups in total. The van der Waals surface area contributed by atoms with E-state index in [0.29, 0.717) is 0 Å². The molecule has 0 saturated heterocycles. The average molecular weight is 223 g/mol. The Balaban J connectivity index is 2.55. The zero-order valence-corrected chi connectivity index (χ0v) is 10.4. The second-order valence-electron chi connectivity index (χ2n) is 3.66. The third kappa shape index (κ3) is 4.16. The lowest BCUT2D eigenvalue weighted by Gasteiger charge is -2.20.